The summed E-state index contributed by atoms with van der Waals surface area (Å²) in [5.74, 6) is 1.20. The van der Waals surface area contributed by atoms with Crippen LogP contribution < -0.4 is 4.74 Å². The molecule has 2 aromatic rings. The van der Waals surface area contributed by atoms with E-state index in [1.165, 1.54) is 6.42 Å². The maximum absolute atomic E-state index is 10.3. The van der Waals surface area contributed by atoms with Gasteiger partial charge in [0.25, 0.3) is 0 Å². The molecule has 1 fully saturated rings. The number of rotatable bonds is 7. The molecule has 0 aliphatic carbocycles. The normalized spacial score (nSPS) is 19.3. The Balaban J connectivity index is 1.42. The van der Waals surface area contributed by atoms with Crippen molar-refractivity contribution in [2.24, 2.45) is 5.92 Å². The molecule has 0 saturated carbocycles. The SMILES string of the molecule is N#Cc1ccc(OC[C@@H](O)CN2CCC[C@H](Cn3cncn3)C2)cc1. The highest BCUT2D eigenvalue weighted by atomic mass is 16.5. The van der Waals surface area contributed by atoms with Crippen molar-refractivity contribution in [1.29, 1.82) is 5.26 Å². The Morgan fingerprint density at radius 2 is 2.20 bits per heavy atom. The third kappa shape index (κ3) is 5.28. The summed E-state index contributed by atoms with van der Waals surface area (Å²) in [7, 11) is 0. The third-order valence-corrected chi connectivity index (χ3v) is 4.41. The van der Waals surface area contributed by atoms with Gasteiger partial charge in [0.2, 0.25) is 0 Å². The molecule has 0 spiro atoms. The van der Waals surface area contributed by atoms with Crippen LogP contribution in [-0.4, -0.2) is 57.1 Å². The molecule has 7 heteroatoms. The predicted molar refractivity (Wildman–Crippen MR) is 91.8 cm³/mol. The summed E-state index contributed by atoms with van der Waals surface area (Å²) in [5, 5.41) is 23.2. The van der Waals surface area contributed by atoms with Gasteiger partial charge < -0.3 is 14.7 Å². The Labute approximate surface area is 147 Å². The van der Waals surface area contributed by atoms with Gasteiger partial charge in [-0.2, -0.15) is 10.4 Å². The molecule has 132 valence electrons. The van der Waals surface area contributed by atoms with Gasteiger partial charge in [0.1, 0.15) is 31.1 Å². The molecule has 3 rings (SSSR count). The van der Waals surface area contributed by atoms with Crippen molar-refractivity contribution in [3.8, 4) is 11.8 Å². The number of likely N-dealkylation sites (tertiary alicyclic amines) is 1. The van der Waals surface area contributed by atoms with Crippen LogP contribution in [0.15, 0.2) is 36.9 Å². The number of nitriles is 1. The van der Waals surface area contributed by atoms with Crippen molar-refractivity contribution in [3.63, 3.8) is 0 Å². The molecule has 0 unspecified atom stereocenters. The van der Waals surface area contributed by atoms with Crippen molar-refractivity contribution in [3.05, 3.63) is 42.5 Å². The number of benzene rings is 1. The fourth-order valence-electron chi connectivity index (χ4n) is 3.23. The highest BCUT2D eigenvalue weighted by Crippen LogP contribution is 2.18. The lowest BCUT2D eigenvalue weighted by atomic mass is 9.98. The average molecular weight is 341 g/mol. The zero-order chi connectivity index (χ0) is 17.5. The molecule has 1 N–H and O–H groups in total. The Bertz CT molecular complexity index is 680. The van der Waals surface area contributed by atoms with E-state index in [0.29, 0.717) is 23.8 Å². The number of hydrogen-bond donors (Lipinski definition) is 1. The van der Waals surface area contributed by atoms with Crippen LogP contribution in [0.1, 0.15) is 18.4 Å². The molecular formula is C18H23N5O2. The molecule has 2 atom stereocenters. The Morgan fingerprint density at radius 1 is 1.36 bits per heavy atom. The minimum atomic E-state index is -0.541. The van der Waals surface area contributed by atoms with E-state index >= 15 is 0 Å². The number of hydrogen-bond acceptors (Lipinski definition) is 6. The number of aliphatic hydroxyl groups is 1. The van der Waals surface area contributed by atoms with Crippen molar-refractivity contribution in [1.82, 2.24) is 19.7 Å². The zero-order valence-corrected chi connectivity index (χ0v) is 14.2. The lowest BCUT2D eigenvalue weighted by Crippen LogP contribution is -2.42. The first-order chi connectivity index (χ1) is 12.2. The molecule has 1 aliphatic rings. The van der Waals surface area contributed by atoms with Crippen molar-refractivity contribution >= 4 is 0 Å². The first kappa shape index (κ1) is 17.4. The molecule has 1 aromatic carbocycles. The van der Waals surface area contributed by atoms with E-state index in [2.05, 4.69) is 21.1 Å². The Morgan fingerprint density at radius 3 is 2.92 bits per heavy atom. The lowest BCUT2D eigenvalue weighted by Gasteiger charge is -2.33. The van der Waals surface area contributed by atoms with E-state index in [-0.39, 0.29) is 6.61 Å². The van der Waals surface area contributed by atoms with Crippen LogP contribution in [0.2, 0.25) is 0 Å². The monoisotopic (exact) mass is 341 g/mol. The van der Waals surface area contributed by atoms with Crippen LogP contribution >= 0.6 is 0 Å². The second kappa shape index (κ2) is 8.60. The van der Waals surface area contributed by atoms with Crippen LogP contribution in [0.4, 0.5) is 0 Å². The summed E-state index contributed by atoms with van der Waals surface area (Å²) < 4.78 is 7.49. The minimum Gasteiger partial charge on any atom is -0.491 e. The number of nitrogens with zero attached hydrogens (tertiary/aromatic N) is 5. The largest absolute Gasteiger partial charge is 0.491 e. The quantitative estimate of drug-likeness (QED) is 0.817. The first-order valence-electron chi connectivity index (χ1n) is 8.58. The molecule has 0 amide bonds. The van der Waals surface area contributed by atoms with Crippen LogP contribution in [0.25, 0.3) is 0 Å². The van der Waals surface area contributed by atoms with E-state index in [1.807, 2.05) is 4.68 Å². The molecular weight excluding hydrogens is 318 g/mol. The fraction of sp³-hybridized carbons (Fsp3) is 0.500. The van der Waals surface area contributed by atoms with Crippen molar-refractivity contribution in [2.45, 2.75) is 25.5 Å². The standard InChI is InChI=1S/C18H23N5O2/c19-8-15-3-5-18(6-4-15)25-12-17(24)11-22-7-1-2-16(9-22)10-23-14-20-13-21-23/h3-6,13-14,16-17,24H,1-2,7,9-12H2/t16-,17-/m0/s1. The van der Waals surface area contributed by atoms with Crippen molar-refractivity contribution < 1.29 is 9.84 Å². The van der Waals surface area contributed by atoms with Gasteiger partial charge in [0.05, 0.1) is 11.6 Å². The summed E-state index contributed by atoms with van der Waals surface area (Å²) in [5.41, 5.74) is 0.597. The van der Waals surface area contributed by atoms with Gasteiger partial charge in [-0.15, -0.1) is 0 Å². The summed E-state index contributed by atoms with van der Waals surface area (Å²) in [4.78, 5) is 6.27. The van der Waals surface area contributed by atoms with Gasteiger partial charge in [-0.3, -0.25) is 4.68 Å². The summed E-state index contributed by atoms with van der Waals surface area (Å²) in [6.45, 7) is 3.67. The molecule has 0 bridgehead atoms. The zero-order valence-electron chi connectivity index (χ0n) is 14.2. The van der Waals surface area contributed by atoms with E-state index in [1.54, 1.807) is 36.9 Å². The van der Waals surface area contributed by atoms with Crippen molar-refractivity contribution in [2.75, 3.05) is 26.2 Å². The maximum atomic E-state index is 10.3. The van der Waals surface area contributed by atoms with Gasteiger partial charge in [0.15, 0.2) is 0 Å². The van der Waals surface area contributed by atoms with Crippen LogP contribution in [0.5, 0.6) is 5.75 Å². The van der Waals surface area contributed by atoms with Crippen LogP contribution in [-0.2, 0) is 6.54 Å². The fourth-order valence-corrected chi connectivity index (χ4v) is 3.23. The molecule has 7 nitrogen and oxygen atoms in total. The van der Waals surface area contributed by atoms with Gasteiger partial charge in [-0.25, -0.2) is 4.98 Å². The number of β-amino-alcohol motifs (C(OH)–C–C–N with tert-alkyl or cyclic N) is 1. The lowest BCUT2D eigenvalue weighted by molar-refractivity contribution is 0.0495. The number of aliphatic hydroxyl groups excluding tert-OH is 1. The minimum absolute atomic E-state index is 0.246. The Kier molecular flexibility index (Phi) is 5.99. The summed E-state index contributed by atoms with van der Waals surface area (Å²) >= 11 is 0. The van der Waals surface area contributed by atoms with Crippen LogP contribution in [0.3, 0.4) is 0 Å². The van der Waals surface area contributed by atoms with E-state index < -0.39 is 6.10 Å². The third-order valence-electron chi connectivity index (χ3n) is 4.41. The van der Waals surface area contributed by atoms with Gasteiger partial charge in [-0.1, -0.05) is 0 Å². The van der Waals surface area contributed by atoms with Gasteiger partial charge >= 0.3 is 0 Å². The second-order valence-electron chi connectivity index (χ2n) is 6.49. The second-order valence-corrected chi connectivity index (χ2v) is 6.49. The average Bonchev–Trinajstić information content (AvgIpc) is 3.14. The summed E-state index contributed by atoms with van der Waals surface area (Å²) in [6.07, 6.45) is 5.07. The van der Waals surface area contributed by atoms with E-state index in [9.17, 15) is 5.11 Å². The highest BCUT2D eigenvalue weighted by molar-refractivity contribution is 5.34. The van der Waals surface area contributed by atoms with E-state index in [4.69, 9.17) is 10.00 Å². The van der Waals surface area contributed by atoms with Gasteiger partial charge in [0, 0.05) is 19.6 Å². The molecule has 1 aromatic heterocycles. The first-order valence-corrected chi connectivity index (χ1v) is 8.58. The molecule has 2 heterocycles. The number of piperidine rings is 1. The van der Waals surface area contributed by atoms with Crippen LogP contribution in [0, 0.1) is 17.2 Å². The number of aromatic nitrogens is 3. The smallest absolute Gasteiger partial charge is 0.137 e. The highest BCUT2D eigenvalue weighted by Gasteiger charge is 2.22. The van der Waals surface area contributed by atoms with E-state index in [0.717, 1.165) is 26.1 Å². The molecule has 25 heavy (non-hydrogen) atoms. The maximum Gasteiger partial charge on any atom is 0.137 e. The Hall–Kier alpha value is -2.43. The molecule has 0 radical (unpaired) electrons. The molecule has 1 aliphatic heterocycles. The molecule has 1 saturated heterocycles. The topological polar surface area (TPSA) is 87.2 Å². The summed E-state index contributed by atoms with van der Waals surface area (Å²) in [6, 6.07) is 8.99. The van der Waals surface area contributed by atoms with Gasteiger partial charge in [-0.05, 0) is 49.6 Å². The predicted octanol–water partition coefficient (Wildman–Crippen LogP) is 1.30. The number of ether oxygens (including phenoxy) is 1.